The molecule has 1 aliphatic heterocycles. The maximum Gasteiger partial charge on any atom is 0.251 e. The van der Waals surface area contributed by atoms with Crippen LogP contribution < -0.4 is 10.1 Å². The fraction of sp³-hybridized carbons (Fsp3) is 0.435. The molecule has 0 unspecified atom stereocenters. The van der Waals surface area contributed by atoms with Crippen LogP contribution in [0.5, 0.6) is 5.75 Å². The van der Waals surface area contributed by atoms with Gasteiger partial charge in [0.1, 0.15) is 12.4 Å². The number of carbonyl (C=O) groups is 1. The lowest BCUT2D eigenvalue weighted by Crippen LogP contribution is -2.38. The molecule has 2 aromatic rings. The summed E-state index contributed by atoms with van der Waals surface area (Å²) >= 11 is 0. The second kappa shape index (κ2) is 9.62. The van der Waals surface area contributed by atoms with Gasteiger partial charge in [0.25, 0.3) is 5.91 Å². The summed E-state index contributed by atoms with van der Waals surface area (Å²) in [4.78, 5) is 12.8. The number of rotatable bonds is 7. The van der Waals surface area contributed by atoms with Crippen LogP contribution in [0.1, 0.15) is 42.6 Å². The highest BCUT2D eigenvalue weighted by Gasteiger charge is 2.28. The Hall–Kier alpha value is -2.38. The van der Waals surface area contributed by atoms with Crippen molar-refractivity contribution in [1.82, 2.24) is 9.62 Å². The van der Waals surface area contributed by atoms with Gasteiger partial charge in [-0.3, -0.25) is 4.79 Å². The Morgan fingerprint density at radius 3 is 2.57 bits per heavy atom. The van der Waals surface area contributed by atoms with Gasteiger partial charge in [0.05, 0.1) is 10.9 Å². The summed E-state index contributed by atoms with van der Waals surface area (Å²) in [5.74, 6) is 1.000. The summed E-state index contributed by atoms with van der Waals surface area (Å²) in [7, 11) is -3.59. The van der Waals surface area contributed by atoms with Crippen molar-refractivity contribution >= 4 is 15.9 Å². The van der Waals surface area contributed by atoms with Crippen molar-refractivity contribution in [3.63, 3.8) is 0 Å². The molecule has 0 spiro atoms. The van der Waals surface area contributed by atoms with Gasteiger partial charge in [0.2, 0.25) is 10.0 Å². The lowest BCUT2D eigenvalue weighted by molar-refractivity contribution is 0.0926. The van der Waals surface area contributed by atoms with Crippen LogP contribution >= 0.6 is 0 Å². The van der Waals surface area contributed by atoms with Crippen LogP contribution in [0, 0.1) is 12.8 Å². The fourth-order valence-electron chi connectivity index (χ4n) is 3.45. The molecule has 1 atom stereocenters. The first-order chi connectivity index (χ1) is 14.3. The zero-order chi connectivity index (χ0) is 21.7. The third-order valence-electron chi connectivity index (χ3n) is 5.44. The van der Waals surface area contributed by atoms with E-state index in [-0.39, 0.29) is 16.8 Å². The van der Waals surface area contributed by atoms with Crippen molar-refractivity contribution in [2.24, 2.45) is 5.92 Å². The van der Waals surface area contributed by atoms with Crippen LogP contribution in [0.15, 0.2) is 53.4 Å². The molecule has 7 heteroatoms. The molecule has 1 aliphatic rings. The molecular weight excluding hydrogens is 400 g/mol. The van der Waals surface area contributed by atoms with Crippen LogP contribution in [0.2, 0.25) is 0 Å². The number of sulfonamides is 1. The third-order valence-corrected chi connectivity index (χ3v) is 7.33. The SMILES string of the molecule is Cc1ccccc1OC[C@@H](C)NC(=O)c1cccc(S(=O)(=O)N2CCC(C)CC2)c1. The van der Waals surface area contributed by atoms with E-state index in [1.807, 2.05) is 38.1 Å². The van der Waals surface area contributed by atoms with E-state index in [4.69, 9.17) is 4.74 Å². The van der Waals surface area contributed by atoms with E-state index < -0.39 is 10.0 Å². The zero-order valence-corrected chi connectivity index (χ0v) is 18.6. The topological polar surface area (TPSA) is 75.7 Å². The van der Waals surface area contributed by atoms with Gasteiger partial charge in [0, 0.05) is 18.7 Å². The molecule has 1 heterocycles. The predicted molar refractivity (Wildman–Crippen MR) is 117 cm³/mol. The molecule has 1 fully saturated rings. The Morgan fingerprint density at radius 1 is 1.17 bits per heavy atom. The average molecular weight is 431 g/mol. The van der Waals surface area contributed by atoms with Gasteiger partial charge in [-0.2, -0.15) is 4.31 Å². The van der Waals surface area contributed by atoms with E-state index in [0.29, 0.717) is 31.2 Å². The fourth-order valence-corrected chi connectivity index (χ4v) is 4.97. The van der Waals surface area contributed by atoms with E-state index in [9.17, 15) is 13.2 Å². The summed E-state index contributed by atoms with van der Waals surface area (Å²) in [6.07, 6.45) is 1.72. The summed E-state index contributed by atoms with van der Waals surface area (Å²) in [6.45, 7) is 7.32. The minimum absolute atomic E-state index is 0.161. The lowest BCUT2D eigenvalue weighted by Gasteiger charge is -2.29. The molecule has 1 saturated heterocycles. The Kier molecular flexibility index (Phi) is 7.15. The number of nitrogens with one attached hydrogen (secondary N) is 1. The second-order valence-corrected chi connectivity index (χ2v) is 10.0. The molecule has 6 nitrogen and oxygen atoms in total. The molecule has 1 amide bonds. The Bertz CT molecular complexity index is 982. The first kappa shape index (κ1) is 22.3. The first-order valence-electron chi connectivity index (χ1n) is 10.4. The molecular formula is C23H30N2O4S. The molecule has 0 saturated carbocycles. The summed E-state index contributed by atoms with van der Waals surface area (Å²) < 4.78 is 33.2. The number of benzene rings is 2. The molecule has 1 N–H and O–H groups in total. The molecule has 0 aromatic heterocycles. The van der Waals surface area contributed by atoms with Crippen LogP contribution in [0.3, 0.4) is 0 Å². The van der Waals surface area contributed by atoms with Crippen molar-refractivity contribution in [3.8, 4) is 5.75 Å². The standard InChI is InChI=1S/C23H30N2O4S/c1-17-11-13-25(14-12-17)30(27,28)21-9-6-8-20(15-21)23(26)24-19(3)16-29-22-10-5-4-7-18(22)2/h4-10,15,17,19H,11-14,16H2,1-3H3,(H,24,26)/t19-/m1/s1. The number of hydrogen-bond acceptors (Lipinski definition) is 4. The van der Waals surface area contributed by atoms with Gasteiger partial charge >= 0.3 is 0 Å². The molecule has 0 bridgehead atoms. The van der Waals surface area contributed by atoms with Crippen LogP contribution in [0.4, 0.5) is 0 Å². The van der Waals surface area contributed by atoms with E-state index in [1.54, 1.807) is 18.2 Å². The number of carbonyl (C=O) groups excluding carboxylic acids is 1. The second-order valence-electron chi connectivity index (χ2n) is 8.07. The van der Waals surface area contributed by atoms with Gasteiger partial charge in [-0.05, 0) is 62.4 Å². The smallest absolute Gasteiger partial charge is 0.251 e. The monoisotopic (exact) mass is 430 g/mol. The molecule has 162 valence electrons. The third kappa shape index (κ3) is 5.40. The lowest BCUT2D eigenvalue weighted by atomic mass is 10.0. The number of para-hydroxylation sites is 1. The minimum Gasteiger partial charge on any atom is -0.491 e. The van der Waals surface area contributed by atoms with Crippen molar-refractivity contribution in [1.29, 1.82) is 0 Å². The maximum absolute atomic E-state index is 13.0. The zero-order valence-electron chi connectivity index (χ0n) is 17.8. The van der Waals surface area contributed by atoms with Crippen molar-refractivity contribution < 1.29 is 17.9 Å². The summed E-state index contributed by atoms with van der Waals surface area (Å²) in [5.41, 5.74) is 1.35. The number of piperidine rings is 1. The van der Waals surface area contributed by atoms with Crippen molar-refractivity contribution in [2.75, 3.05) is 19.7 Å². The van der Waals surface area contributed by atoms with Gasteiger partial charge in [-0.1, -0.05) is 31.2 Å². The van der Waals surface area contributed by atoms with E-state index in [0.717, 1.165) is 24.2 Å². The average Bonchev–Trinajstić information content (AvgIpc) is 2.73. The normalized spacial score (nSPS) is 16.8. The number of nitrogens with zero attached hydrogens (tertiary/aromatic N) is 1. The Balaban J connectivity index is 1.63. The molecule has 30 heavy (non-hydrogen) atoms. The maximum atomic E-state index is 13.0. The van der Waals surface area contributed by atoms with E-state index >= 15 is 0 Å². The molecule has 3 rings (SSSR count). The minimum atomic E-state index is -3.59. The predicted octanol–water partition coefficient (Wildman–Crippen LogP) is 3.61. The van der Waals surface area contributed by atoms with Crippen LogP contribution in [-0.2, 0) is 10.0 Å². The molecule has 2 aromatic carbocycles. The highest BCUT2D eigenvalue weighted by atomic mass is 32.2. The number of ether oxygens (including phenoxy) is 1. The van der Waals surface area contributed by atoms with E-state index in [1.165, 1.54) is 10.4 Å². The number of aryl methyl sites for hydroxylation is 1. The highest BCUT2D eigenvalue weighted by Crippen LogP contribution is 2.24. The Labute approximate surface area is 179 Å². The van der Waals surface area contributed by atoms with Crippen LogP contribution in [0.25, 0.3) is 0 Å². The summed E-state index contributed by atoms with van der Waals surface area (Å²) in [6, 6.07) is 13.7. The molecule has 0 radical (unpaired) electrons. The highest BCUT2D eigenvalue weighted by molar-refractivity contribution is 7.89. The van der Waals surface area contributed by atoms with Crippen LogP contribution in [-0.4, -0.2) is 44.4 Å². The number of amides is 1. The van der Waals surface area contributed by atoms with Gasteiger partial charge < -0.3 is 10.1 Å². The largest absolute Gasteiger partial charge is 0.491 e. The van der Waals surface area contributed by atoms with Crippen molar-refractivity contribution in [3.05, 3.63) is 59.7 Å². The van der Waals surface area contributed by atoms with Gasteiger partial charge in [0.15, 0.2) is 0 Å². The Morgan fingerprint density at radius 2 is 1.87 bits per heavy atom. The van der Waals surface area contributed by atoms with Crippen molar-refractivity contribution in [2.45, 2.75) is 44.6 Å². The summed E-state index contributed by atoms with van der Waals surface area (Å²) in [5, 5.41) is 2.88. The van der Waals surface area contributed by atoms with Gasteiger partial charge in [-0.15, -0.1) is 0 Å². The first-order valence-corrected chi connectivity index (χ1v) is 11.8. The molecule has 0 aliphatic carbocycles. The van der Waals surface area contributed by atoms with E-state index in [2.05, 4.69) is 12.2 Å². The van der Waals surface area contributed by atoms with Gasteiger partial charge in [-0.25, -0.2) is 8.42 Å². The number of hydrogen-bond donors (Lipinski definition) is 1. The quantitative estimate of drug-likeness (QED) is 0.728.